The zero-order chi connectivity index (χ0) is 17.1. The monoisotopic (exact) mass is 335 g/mol. The first-order valence-electron chi connectivity index (χ1n) is 7.54. The van der Waals surface area contributed by atoms with Gasteiger partial charge in [0.25, 0.3) is 0 Å². The maximum absolute atomic E-state index is 6.12. The fourth-order valence-electron chi connectivity index (χ4n) is 2.92. The van der Waals surface area contributed by atoms with Crippen LogP contribution in [0, 0.1) is 0 Å². The molecule has 3 rings (SSSR count). The van der Waals surface area contributed by atoms with Gasteiger partial charge in [-0.05, 0) is 0 Å². The van der Waals surface area contributed by atoms with Crippen LogP contribution in [0.3, 0.4) is 0 Å². The molecule has 4 atom stereocenters. The van der Waals surface area contributed by atoms with Crippen LogP contribution in [0.5, 0.6) is 0 Å². The van der Waals surface area contributed by atoms with Crippen molar-refractivity contribution in [2.24, 2.45) is 0 Å². The molecule has 1 aliphatic heterocycles. The molecule has 2 N–H and O–H groups in total. The highest BCUT2D eigenvalue weighted by Crippen LogP contribution is 2.35. The Morgan fingerprint density at radius 2 is 2.17 bits per heavy atom. The number of ether oxygens (including phenoxy) is 4. The predicted octanol–water partition coefficient (Wildman–Crippen LogP) is 0.538. The Labute approximate surface area is 139 Å². The fourth-order valence-corrected chi connectivity index (χ4v) is 2.92. The topological polar surface area (TPSA) is 107 Å². The van der Waals surface area contributed by atoms with Gasteiger partial charge in [0.1, 0.15) is 30.2 Å². The second-order valence-electron chi connectivity index (χ2n) is 5.39. The van der Waals surface area contributed by atoms with E-state index in [2.05, 4.69) is 21.5 Å². The first-order valence-corrected chi connectivity index (χ1v) is 7.54. The third kappa shape index (κ3) is 2.86. The quantitative estimate of drug-likeness (QED) is 0.731. The summed E-state index contributed by atoms with van der Waals surface area (Å²) in [5.74, 6) is 0.318. The van der Waals surface area contributed by atoms with E-state index in [0.717, 1.165) is 0 Å². The van der Waals surface area contributed by atoms with Crippen molar-refractivity contribution in [1.82, 2.24) is 19.5 Å². The Kier molecular flexibility index (Phi) is 5.05. The zero-order valence-electron chi connectivity index (χ0n) is 13.7. The van der Waals surface area contributed by atoms with E-state index in [1.54, 1.807) is 31.2 Å². The number of hydrogen-bond acceptors (Lipinski definition) is 8. The van der Waals surface area contributed by atoms with Crippen molar-refractivity contribution in [3.63, 3.8) is 0 Å². The molecular formula is C15H21N5O4. The van der Waals surface area contributed by atoms with E-state index in [4.69, 9.17) is 24.7 Å². The number of fused-ring (bicyclic) bond motifs is 1. The van der Waals surface area contributed by atoms with E-state index in [1.807, 2.05) is 0 Å². The molecule has 0 amide bonds. The van der Waals surface area contributed by atoms with Crippen LogP contribution in [0.25, 0.3) is 11.2 Å². The smallest absolute Gasteiger partial charge is 0.167 e. The standard InChI is InChI=1S/C15H21N5O4/c1-4-5-23-11-9(6-21-2)24-15(12(11)22-3)20-8-19-10-13(16)17-7-18-14(10)20/h4,7-9,11-12,15H,1,5-6H2,2-3H3,(H2,16,17,18)/t9-,11?,12?,15-/m1/s1. The summed E-state index contributed by atoms with van der Waals surface area (Å²) in [5.41, 5.74) is 6.95. The van der Waals surface area contributed by atoms with Crippen molar-refractivity contribution in [3.05, 3.63) is 25.3 Å². The molecule has 1 saturated heterocycles. The van der Waals surface area contributed by atoms with Gasteiger partial charge in [0.15, 0.2) is 17.7 Å². The number of nitrogens with zero attached hydrogens (tertiary/aromatic N) is 4. The normalized spacial score (nSPS) is 26.9. The van der Waals surface area contributed by atoms with Crippen molar-refractivity contribution in [2.75, 3.05) is 33.2 Å². The minimum Gasteiger partial charge on any atom is -0.382 e. The molecule has 0 radical (unpaired) electrons. The van der Waals surface area contributed by atoms with Gasteiger partial charge in [-0.1, -0.05) is 6.08 Å². The summed E-state index contributed by atoms with van der Waals surface area (Å²) < 4.78 is 24.6. The van der Waals surface area contributed by atoms with Crippen LogP contribution in [0.4, 0.5) is 5.82 Å². The van der Waals surface area contributed by atoms with Gasteiger partial charge in [-0.15, -0.1) is 6.58 Å². The molecule has 1 fully saturated rings. The minimum atomic E-state index is -0.468. The lowest BCUT2D eigenvalue weighted by Gasteiger charge is -2.23. The van der Waals surface area contributed by atoms with Crippen LogP contribution in [0.15, 0.2) is 25.3 Å². The van der Waals surface area contributed by atoms with Gasteiger partial charge in [0, 0.05) is 14.2 Å². The van der Waals surface area contributed by atoms with Crippen LogP contribution in [-0.4, -0.2) is 65.3 Å². The lowest BCUT2D eigenvalue weighted by molar-refractivity contribution is -0.0649. The second kappa shape index (κ2) is 7.22. The minimum absolute atomic E-state index is 0.290. The Balaban J connectivity index is 1.96. The number of hydrogen-bond donors (Lipinski definition) is 1. The highest BCUT2D eigenvalue weighted by molar-refractivity contribution is 5.81. The predicted molar refractivity (Wildman–Crippen MR) is 86.3 cm³/mol. The molecule has 9 heteroatoms. The van der Waals surface area contributed by atoms with E-state index in [1.165, 1.54) is 6.33 Å². The van der Waals surface area contributed by atoms with E-state index < -0.39 is 6.23 Å². The number of nitrogen functional groups attached to an aromatic ring is 1. The number of nitrogens with two attached hydrogens (primary N) is 1. The summed E-state index contributed by atoms with van der Waals surface area (Å²) in [6, 6.07) is 0. The third-order valence-electron chi connectivity index (χ3n) is 3.96. The van der Waals surface area contributed by atoms with Crippen LogP contribution >= 0.6 is 0 Å². The van der Waals surface area contributed by atoms with Crippen LogP contribution in [0.2, 0.25) is 0 Å². The van der Waals surface area contributed by atoms with Crippen molar-refractivity contribution < 1.29 is 18.9 Å². The highest BCUT2D eigenvalue weighted by Gasteiger charge is 2.47. The first-order chi connectivity index (χ1) is 11.7. The molecule has 2 aromatic heterocycles. The number of methoxy groups -OCH3 is 2. The molecule has 9 nitrogen and oxygen atoms in total. The largest absolute Gasteiger partial charge is 0.382 e. The molecule has 0 saturated carbocycles. The Bertz CT molecular complexity index is 706. The molecule has 130 valence electrons. The van der Waals surface area contributed by atoms with Crippen molar-refractivity contribution in [1.29, 1.82) is 0 Å². The van der Waals surface area contributed by atoms with Crippen LogP contribution < -0.4 is 5.73 Å². The van der Waals surface area contributed by atoms with Crippen LogP contribution in [0.1, 0.15) is 6.23 Å². The summed E-state index contributed by atoms with van der Waals surface area (Å²) in [6.45, 7) is 4.45. The highest BCUT2D eigenvalue weighted by atomic mass is 16.6. The molecule has 2 aromatic rings. The van der Waals surface area contributed by atoms with Crippen molar-refractivity contribution in [2.45, 2.75) is 24.5 Å². The van der Waals surface area contributed by atoms with E-state index >= 15 is 0 Å². The number of anilines is 1. The summed E-state index contributed by atoms with van der Waals surface area (Å²) in [7, 11) is 3.23. The Morgan fingerprint density at radius 1 is 1.33 bits per heavy atom. The first kappa shape index (κ1) is 16.8. The SMILES string of the molecule is C=CCOC1C(OC)[C@H](n2cnc3c(N)ncnc32)O[C@@H]1COC. The maximum Gasteiger partial charge on any atom is 0.167 e. The maximum atomic E-state index is 6.12. The molecular weight excluding hydrogens is 314 g/mol. The van der Waals surface area contributed by atoms with Crippen molar-refractivity contribution in [3.8, 4) is 0 Å². The van der Waals surface area contributed by atoms with Gasteiger partial charge < -0.3 is 24.7 Å². The molecule has 0 bridgehead atoms. The molecule has 1 aliphatic rings. The molecule has 0 aliphatic carbocycles. The molecule has 2 unspecified atom stereocenters. The average molecular weight is 335 g/mol. The second-order valence-corrected chi connectivity index (χ2v) is 5.39. The Hall–Kier alpha value is -2.07. The number of imidazole rings is 1. The molecule has 0 aromatic carbocycles. The lowest BCUT2D eigenvalue weighted by atomic mass is 10.1. The lowest BCUT2D eigenvalue weighted by Crippen LogP contribution is -2.37. The number of aromatic nitrogens is 4. The van der Waals surface area contributed by atoms with Gasteiger partial charge in [-0.3, -0.25) is 4.57 Å². The van der Waals surface area contributed by atoms with Crippen LogP contribution in [-0.2, 0) is 18.9 Å². The molecule has 24 heavy (non-hydrogen) atoms. The summed E-state index contributed by atoms with van der Waals surface area (Å²) in [5, 5.41) is 0. The summed E-state index contributed by atoms with van der Waals surface area (Å²) in [6.07, 6.45) is 3.26. The van der Waals surface area contributed by atoms with E-state index in [0.29, 0.717) is 30.2 Å². The number of rotatable bonds is 7. The molecule has 0 spiro atoms. The zero-order valence-corrected chi connectivity index (χ0v) is 13.7. The van der Waals surface area contributed by atoms with Gasteiger partial charge in [-0.25, -0.2) is 15.0 Å². The molecule has 3 heterocycles. The Morgan fingerprint density at radius 3 is 2.88 bits per heavy atom. The van der Waals surface area contributed by atoms with Gasteiger partial charge in [0.2, 0.25) is 0 Å². The van der Waals surface area contributed by atoms with Gasteiger partial charge >= 0.3 is 0 Å². The van der Waals surface area contributed by atoms with E-state index in [9.17, 15) is 0 Å². The van der Waals surface area contributed by atoms with Gasteiger partial charge in [-0.2, -0.15) is 0 Å². The van der Waals surface area contributed by atoms with E-state index in [-0.39, 0.29) is 18.3 Å². The van der Waals surface area contributed by atoms with Gasteiger partial charge in [0.05, 0.1) is 19.5 Å². The summed E-state index contributed by atoms with van der Waals surface area (Å²) in [4.78, 5) is 12.5. The van der Waals surface area contributed by atoms with Crippen molar-refractivity contribution >= 4 is 17.0 Å². The third-order valence-corrected chi connectivity index (χ3v) is 3.96. The fraction of sp³-hybridized carbons (Fsp3) is 0.533. The summed E-state index contributed by atoms with van der Waals surface area (Å²) >= 11 is 0. The average Bonchev–Trinajstić information content (AvgIpc) is 3.15.